The van der Waals surface area contributed by atoms with Gasteiger partial charge in [0.05, 0.1) is 22.4 Å². The van der Waals surface area contributed by atoms with Crippen LogP contribution in [-0.2, 0) is 0 Å². The van der Waals surface area contributed by atoms with Crippen LogP contribution in [0.15, 0.2) is 243 Å². The van der Waals surface area contributed by atoms with Gasteiger partial charge in [0.2, 0.25) is 0 Å². The third-order valence-corrected chi connectivity index (χ3v) is 15.6. The van der Waals surface area contributed by atoms with Crippen LogP contribution < -0.4 is 0 Å². The fraction of sp³-hybridized carbons (Fsp3) is 0. The first-order chi connectivity index (χ1) is 34.7. The van der Waals surface area contributed by atoms with E-state index >= 15 is 0 Å². The molecular formula is C64H40N4S2. The van der Waals surface area contributed by atoms with Crippen molar-refractivity contribution in [2.45, 2.75) is 0 Å². The monoisotopic (exact) mass is 928 g/mol. The summed E-state index contributed by atoms with van der Waals surface area (Å²) in [5.74, 6) is 0. The number of rotatable bonds is 6. The van der Waals surface area contributed by atoms with Crippen molar-refractivity contribution in [2.75, 3.05) is 0 Å². The highest BCUT2D eigenvalue weighted by molar-refractivity contribution is 7.26. The van der Waals surface area contributed by atoms with Crippen molar-refractivity contribution in [2.24, 2.45) is 0 Å². The maximum Gasteiger partial charge on any atom is 0.116 e. The molecule has 5 heterocycles. The summed E-state index contributed by atoms with van der Waals surface area (Å²) in [5, 5.41) is 7.51. The van der Waals surface area contributed by atoms with Crippen molar-refractivity contribution in [3.63, 3.8) is 0 Å². The highest BCUT2D eigenvalue weighted by Crippen LogP contribution is 2.43. The second-order valence-corrected chi connectivity index (χ2v) is 19.4. The lowest BCUT2D eigenvalue weighted by Crippen LogP contribution is -1.90. The third kappa shape index (κ3) is 7.47. The lowest BCUT2D eigenvalue weighted by atomic mass is 9.97. The molecule has 6 heteroatoms. The van der Waals surface area contributed by atoms with Crippen LogP contribution in [0, 0.1) is 0 Å². The van der Waals surface area contributed by atoms with E-state index < -0.39 is 0 Å². The average Bonchev–Trinajstić information content (AvgIpc) is 4.02. The van der Waals surface area contributed by atoms with Crippen LogP contribution in [0.2, 0.25) is 0 Å². The van der Waals surface area contributed by atoms with E-state index in [1.165, 1.54) is 84.9 Å². The predicted octanol–water partition coefficient (Wildman–Crippen LogP) is 18.0. The highest BCUT2D eigenvalue weighted by Gasteiger charge is 2.15. The van der Waals surface area contributed by atoms with Crippen LogP contribution in [0.1, 0.15) is 0 Å². The Morgan fingerprint density at radius 1 is 0.257 bits per heavy atom. The Kier molecular flexibility index (Phi) is 10.5. The molecule has 328 valence electrons. The lowest BCUT2D eigenvalue weighted by Gasteiger charge is -2.11. The molecule has 0 saturated heterocycles. The summed E-state index contributed by atoms with van der Waals surface area (Å²) in [6, 6.07) is 79.5. The van der Waals surface area contributed by atoms with Crippen molar-refractivity contribution < 1.29 is 0 Å². The van der Waals surface area contributed by atoms with Gasteiger partial charge in [-0.05, 0) is 87.0 Å². The largest absolute Gasteiger partial charge is 0.254 e. The summed E-state index contributed by atoms with van der Waals surface area (Å²) >= 11 is 3.72. The van der Waals surface area contributed by atoms with Gasteiger partial charge in [0.1, 0.15) is 6.33 Å². The molecular weight excluding hydrogens is 889 g/mol. The van der Waals surface area contributed by atoms with E-state index in [9.17, 15) is 0 Å². The maximum absolute atomic E-state index is 4.71. The fourth-order valence-electron chi connectivity index (χ4n) is 9.88. The first-order valence-corrected chi connectivity index (χ1v) is 25.0. The molecule has 0 atom stereocenters. The zero-order chi connectivity index (χ0) is 46.4. The summed E-state index contributed by atoms with van der Waals surface area (Å²) in [5.41, 5.74) is 15.5. The summed E-state index contributed by atoms with van der Waals surface area (Å²) in [6.45, 7) is 0. The summed E-state index contributed by atoms with van der Waals surface area (Å²) in [4.78, 5) is 18.7. The smallest absolute Gasteiger partial charge is 0.116 e. The van der Waals surface area contributed by atoms with E-state index in [1.807, 2.05) is 47.2 Å². The van der Waals surface area contributed by atoms with Crippen LogP contribution in [-0.4, -0.2) is 19.9 Å². The number of thiophene rings is 2. The van der Waals surface area contributed by atoms with Crippen LogP contribution in [0.4, 0.5) is 0 Å². The molecule has 14 aromatic rings. The Bertz CT molecular complexity index is 3980. The topological polar surface area (TPSA) is 51.6 Å². The minimum atomic E-state index is 0.914. The minimum absolute atomic E-state index is 0.914. The van der Waals surface area contributed by atoms with Gasteiger partial charge >= 0.3 is 0 Å². The molecule has 0 unspecified atom stereocenters. The molecule has 9 aromatic carbocycles. The first kappa shape index (κ1) is 41.5. The van der Waals surface area contributed by atoms with Gasteiger partial charge in [-0.3, -0.25) is 9.97 Å². The van der Waals surface area contributed by atoms with Gasteiger partial charge in [0.25, 0.3) is 0 Å². The number of nitrogens with zero attached hydrogens (tertiary/aromatic N) is 4. The SMILES string of the molecule is c1cc(-c2cc(-c3cccc(-c4cccc5c4sc4ccccc45)c3)ncn2)cc(-c2cccc3c2sc2ccccc23)c1.c1ccc(-c2ccnc3c2ccc2c(-c4ccccc4)ccnc23)cc1. The van der Waals surface area contributed by atoms with Gasteiger partial charge in [-0.2, -0.15) is 0 Å². The van der Waals surface area contributed by atoms with E-state index in [2.05, 4.69) is 222 Å². The number of hydrogen-bond donors (Lipinski definition) is 0. The highest BCUT2D eigenvalue weighted by atomic mass is 32.1. The Morgan fingerprint density at radius 2 is 0.657 bits per heavy atom. The van der Waals surface area contributed by atoms with Gasteiger partial charge in [-0.1, -0.05) is 182 Å². The average molecular weight is 929 g/mol. The van der Waals surface area contributed by atoms with Crippen molar-refractivity contribution in [3.8, 4) is 67.0 Å². The Morgan fingerprint density at radius 3 is 1.14 bits per heavy atom. The molecule has 0 aliphatic carbocycles. The molecule has 0 saturated carbocycles. The fourth-order valence-corrected chi connectivity index (χ4v) is 12.4. The van der Waals surface area contributed by atoms with Crippen LogP contribution in [0.25, 0.3) is 129 Å². The second kappa shape index (κ2) is 17.8. The van der Waals surface area contributed by atoms with Gasteiger partial charge < -0.3 is 0 Å². The van der Waals surface area contributed by atoms with Gasteiger partial charge in [-0.15, -0.1) is 22.7 Å². The molecule has 0 amide bonds. The van der Waals surface area contributed by atoms with Crippen molar-refractivity contribution in [1.82, 2.24) is 19.9 Å². The molecule has 5 aromatic heterocycles. The summed E-state index contributed by atoms with van der Waals surface area (Å²) < 4.78 is 5.27. The standard InChI is InChI=1S/C40H24N2S2.C24H16N2/c1-3-19-37-31(13-1)33-17-7-15-29(39(33)43-37)25-9-5-11-27(21-25)35-23-36(42-24-41-35)28-12-6-10-26(22-28)30-16-8-18-34-32-14-2-4-20-38(32)44-40(30)34;1-3-7-17(8-4-1)19-13-15-25-23-21(19)11-12-22-20(14-16-26-24(22)23)18-9-5-2-6-10-18/h1-24H;1-16H. The van der Waals surface area contributed by atoms with E-state index in [0.29, 0.717) is 0 Å². The summed E-state index contributed by atoms with van der Waals surface area (Å²) in [6.07, 6.45) is 5.44. The molecule has 0 radical (unpaired) electrons. The third-order valence-electron chi connectivity index (χ3n) is 13.2. The number of aromatic nitrogens is 4. The number of benzene rings is 9. The van der Waals surface area contributed by atoms with Crippen molar-refractivity contribution in [1.29, 1.82) is 0 Å². The van der Waals surface area contributed by atoms with Crippen molar-refractivity contribution >= 4 is 84.8 Å². The molecule has 4 nitrogen and oxygen atoms in total. The second-order valence-electron chi connectivity index (χ2n) is 17.3. The zero-order valence-corrected chi connectivity index (χ0v) is 39.3. The number of hydrogen-bond acceptors (Lipinski definition) is 6. The molecule has 0 aliphatic heterocycles. The number of fused-ring (bicyclic) bond motifs is 9. The molecule has 14 rings (SSSR count). The lowest BCUT2D eigenvalue weighted by molar-refractivity contribution is 1.18. The van der Waals surface area contributed by atoms with Gasteiger partial charge in [0, 0.05) is 74.6 Å². The molecule has 0 bridgehead atoms. The quantitative estimate of drug-likeness (QED) is 0.156. The molecule has 0 N–H and O–H groups in total. The van der Waals surface area contributed by atoms with E-state index in [1.54, 1.807) is 6.33 Å². The van der Waals surface area contributed by atoms with E-state index in [4.69, 9.17) is 9.97 Å². The van der Waals surface area contributed by atoms with Gasteiger partial charge in [-0.25, -0.2) is 9.97 Å². The van der Waals surface area contributed by atoms with Crippen molar-refractivity contribution in [3.05, 3.63) is 243 Å². The Labute approximate surface area is 412 Å². The van der Waals surface area contributed by atoms with Gasteiger partial charge in [0.15, 0.2) is 0 Å². The minimum Gasteiger partial charge on any atom is -0.254 e. The molecule has 0 fully saturated rings. The normalized spacial score (nSPS) is 11.4. The van der Waals surface area contributed by atoms with Crippen LogP contribution >= 0.6 is 22.7 Å². The van der Waals surface area contributed by atoms with Crippen LogP contribution in [0.3, 0.4) is 0 Å². The Balaban J connectivity index is 0.000000157. The van der Waals surface area contributed by atoms with E-state index in [-0.39, 0.29) is 0 Å². The summed E-state index contributed by atoms with van der Waals surface area (Å²) in [7, 11) is 0. The van der Waals surface area contributed by atoms with Crippen LogP contribution in [0.5, 0.6) is 0 Å². The zero-order valence-electron chi connectivity index (χ0n) is 37.7. The Hall–Kier alpha value is -8.68. The number of pyridine rings is 2. The molecule has 70 heavy (non-hydrogen) atoms. The van der Waals surface area contributed by atoms with E-state index in [0.717, 1.165) is 44.3 Å². The molecule has 0 aliphatic rings. The maximum atomic E-state index is 4.71. The molecule has 0 spiro atoms. The first-order valence-electron chi connectivity index (χ1n) is 23.3. The predicted molar refractivity (Wildman–Crippen MR) is 297 cm³/mol.